The molecule has 2 amide bonds. The van der Waals surface area contributed by atoms with Crippen LogP contribution in [0.3, 0.4) is 0 Å². The van der Waals surface area contributed by atoms with Crippen molar-refractivity contribution in [1.29, 1.82) is 0 Å². The number of halogens is 2. The van der Waals surface area contributed by atoms with Gasteiger partial charge in [-0.05, 0) is 45.9 Å². The van der Waals surface area contributed by atoms with E-state index in [9.17, 15) is 19.1 Å². The molecule has 0 aliphatic rings. The molecule has 0 saturated heterocycles. The maximum Gasteiger partial charge on any atom is 0.319 e. The van der Waals surface area contributed by atoms with Gasteiger partial charge in [-0.15, -0.1) is 0 Å². The first-order chi connectivity index (χ1) is 9.47. The first kappa shape index (κ1) is 17.4. The lowest BCUT2D eigenvalue weighted by atomic mass is 9.74. The molecular formula is C14H18BrFN2O3. The molecular weight excluding hydrogens is 343 g/mol. The average molecular weight is 361 g/mol. The van der Waals surface area contributed by atoms with E-state index in [1.54, 1.807) is 19.9 Å². The van der Waals surface area contributed by atoms with Crippen molar-refractivity contribution < 1.29 is 19.1 Å². The number of urea groups is 1. The summed E-state index contributed by atoms with van der Waals surface area (Å²) in [4.78, 5) is 23.2. The van der Waals surface area contributed by atoms with Gasteiger partial charge >= 0.3 is 12.0 Å². The van der Waals surface area contributed by atoms with E-state index in [0.29, 0.717) is 4.47 Å². The highest BCUT2D eigenvalue weighted by Crippen LogP contribution is 2.30. The Hall–Kier alpha value is -1.63. The van der Waals surface area contributed by atoms with Crippen molar-refractivity contribution in [2.75, 3.05) is 5.32 Å². The van der Waals surface area contributed by atoms with Crippen molar-refractivity contribution in [3.63, 3.8) is 0 Å². The van der Waals surface area contributed by atoms with Crippen LogP contribution in [0.1, 0.15) is 27.7 Å². The monoisotopic (exact) mass is 360 g/mol. The molecule has 0 atom stereocenters. The molecule has 1 aromatic carbocycles. The van der Waals surface area contributed by atoms with E-state index in [2.05, 4.69) is 26.6 Å². The summed E-state index contributed by atoms with van der Waals surface area (Å²) >= 11 is 3.12. The summed E-state index contributed by atoms with van der Waals surface area (Å²) in [5.41, 5.74) is -2.21. The highest BCUT2D eigenvalue weighted by molar-refractivity contribution is 9.10. The number of rotatable bonds is 4. The van der Waals surface area contributed by atoms with E-state index in [-0.39, 0.29) is 5.69 Å². The minimum atomic E-state index is -1.19. The van der Waals surface area contributed by atoms with Crippen LogP contribution in [0.15, 0.2) is 22.7 Å². The van der Waals surface area contributed by atoms with E-state index in [1.165, 1.54) is 26.0 Å². The highest BCUT2D eigenvalue weighted by Gasteiger charge is 2.44. The molecule has 5 nitrogen and oxygen atoms in total. The van der Waals surface area contributed by atoms with Crippen molar-refractivity contribution in [2.45, 2.75) is 33.2 Å². The molecule has 1 aromatic rings. The maximum absolute atomic E-state index is 13.6. The molecule has 0 unspecified atom stereocenters. The number of amides is 2. The minimum Gasteiger partial charge on any atom is -0.481 e. The standard InChI is InChI=1S/C14H18BrFN2O3/c1-13(2,11(19)20)14(3,4)18-12(21)17-10-6-5-8(15)7-9(10)16/h5-7H,1-4H3,(H,19,20)(H2,17,18,21). The zero-order chi connectivity index (χ0) is 16.4. The van der Waals surface area contributed by atoms with Crippen LogP contribution in [0.2, 0.25) is 0 Å². The Morgan fingerprint density at radius 1 is 1.24 bits per heavy atom. The van der Waals surface area contributed by atoms with Gasteiger partial charge in [0.1, 0.15) is 5.82 Å². The lowest BCUT2D eigenvalue weighted by molar-refractivity contribution is -0.150. The van der Waals surface area contributed by atoms with Gasteiger partial charge < -0.3 is 15.7 Å². The Labute approximate surface area is 131 Å². The summed E-state index contributed by atoms with van der Waals surface area (Å²) in [7, 11) is 0. The van der Waals surface area contributed by atoms with Crippen molar-refractivity contribution >= 4 is 33.6 Å². The molecule has 0 heterocycles. The van der Waals surface area contributed by atoms with Gasteiger partial charge in [-0.1, -0.05) is 15.9 Å². The fourth-order valence-corrected chi connectivity index (χ4v) is 1.78. The van der Waals surface area contributed by atoms with Crippen LogP contribution in [-0.4, -0.2) is 22.6 Å². The molecule has 0 saturated carbocycles. The number of benzene rings is 1. The third-order valence-electron chi connectivity index (χ3n) is 3.70. The number of hydrogen-bond donors (Lipinski definition) is 3. The van der Waals surface area contributed by atoms with Crippen molar-refractivity contribution in [2.24, 2.45) is 5.41 Å². The van der Waals surface area contributed by atoms with E-state index in [4.69, 9.17) is 0 Å². The number of carbonyl (C=O) groups is 2. The van der Waals surface area contributed by atoms with Gasteiger partial charge in [0.2, 0.25) is 0 Å². The van der Waals surface area contributed by atoms with Crippen molar-refractivity contribution in [3.05, 3.63) is 28.5 Å². The molecule has 0 bridgehead atoms. The van der Waals surface area contributed by atoms with Crippen LogP contribution < -0.4 is 10.6 Å². The molecule has 116 valence electrons. The Bertz CT molecular complexity index is 573. The number of anilines is 1. The van der Waals surface area contributed by atoms with Gasteiger partial charge in [0.15, 0.2) is 0 Å². The summed E-state index contributed by atoms with van der Waals surface area (Å²) in [6.07, 6.45) is 0. The van der Waals surface area contributed by atoms with Gasteiger partial charge in [-0.3, -0.25) is 4.79 Å². The highest BCUT2D eigenvalue weighted by atomic mass is 79.9. The lowest BCUT2D eigenvalue weighted by Crippen LogP contribution is -2.57. The second-order valence-electron chi connectivity index (χ2n) is 5.76. The fourth-order valence-electron chi connectivity index (χ4n) is 1.45. The molecule has 1 rings (SSSR count). The summed E-state index contributed by atoms with van der Waals surface area (Å²) in [6, 6.07) is 3.55. The van der Waals surface area contributed by atoms with Gasteiger partial charge in [-0.2, -0.15) is 0 Å². The summed E-state index contributed by atoms with van der Waals surface area (Å²) in [5.74, 6) is -1.63. The number of hydrogen-bond acceptors (Lipinski definition) is 2. The zero-order valence-corrected chi connectivity index (χ0v) is 13.8. The summed E-state index contributed by atoms with van der Waals surface area (Å²) < 4.78 is 14.2. The number of aliphatic carboxylic acids is 1. The fraction of sp³-hybridized carbons (Fsp3) is 0.429. The first-order valence-corrected chi connectivity index (χ1v) is 7.04. The molecule has 3 N–H and O–H groups in total. The van der Waals surface area contributed by atoms with E-state index >= 15 is 0 Å². The first-order valence-electron chi connectivity index (χ1n) is 6.25. The molecule has 0 radical (unpaired) electrons. The Morgan fingerprint density at radius 2 is 1.81 bits per heavy atom. The third kappa shape index (κ3) is 3.93. The second kappa shape index (κ2) is 6.01. The van der Waals surface area contributed by atoms with Crippen LogP contribution in [0, 0.1) is 11.2 Å². The average Bonchev–Trinajstić information content (AvgIpc) is 2.31. The minimum absolute atomic E-state index is 0.0135. The lowest BCUT2D eigenvalue weighted by Gasteiger charge is -2.38. The molecule has 0 fully saturated rings. The quantitative estimate of drug-likeness (QED) is 0.767. The second-order valence-corrected chi connectivity index (χ2v) is 6.67. The SMILES string of the molecule is CC(C)(NC(=O)Nc1ccc(Br)cc1F)C(C)(C)C(=O)O. The van der Waals surface area contributed by atoms with Gasteiger partial charge in [0.25, 0.3) is 0 Å². The summed E-state index contributed by atoms with van der Waals surface area (Å²) in [6.45, 7) is 6.21. The largest absolute Gasteiger partial charge is 0.481 e. The number of carbonyl (C=O) groups excluding carboxylic acids is 1. The summed E-state index contributed by atoms with van der Waals surface area (Å²) in [5, 5.41) is 14.1. The molecule has 0 aliphatic carbocycles. The van der Waals surface area contributed by atoms with Gasteiger partial charge in [0, 0.05) is 4.47 Å². The molecule has 0 aliphatic heterocycles. The molecule has 0 aromatic heterocycles. The Balaban J connectivity index is 2.84. The van der Waals surface area contributed by atoms with Crippen molar-refractivity contribution in [3.8, 4) is 0 Å². The van der Waals surface area contributed by atoms with Crippen LogP contribution in [0.4, 0.5) is 14.9 Å². The topological polar surface area (TPSA) is 78.4 Å². The molecule has 7 heteroatoms. The number of carboxylic acid groups (broad SMARTS) is 1. The van der Waals surface area contributed by atoms with Gasteiger partial charge in [0.05, 0.1) is 16.6 Å². The van der Waals surface area contributed by atoms with E-state index in [1.807, 2.05) is 0 Å². The number of carboxylic acids is 1. The van der Waals surface area contributed by atoms with Crippen LogP contribution >= 0.6 is 15.9 Å². The predicted octanol–water partition coefficient (Wildman–Crippen LogP) is 3.60. The smallest absolute Gasteiger partial charge is 0.319 e. The van der Waals surface area contributed by atoms with Crippen LogP contribution in [0.25, 0.3) is 0 Å². The van der Waals surface area contributed by atoms with Crippen LogP contribution in [-0.2, 0) is 4.79 Å². The number of nitrogens with one attached hydrogen (secondary N) is 2. The van der Waals surface area contributed by atoms with E-state index in [0.717, 1.165) is 0 Å². The predicted molar refractivity (Wildman–Crippen MR) is 81.8 cm³/mol. The van der Waals surface area contributed by atoms with Gasteiger partial charge in [-0.25, -0.2) is 9.18 Å². The molecule has 21 heavy (non-hydrogen) atoms. The third-order valence-corrected chi connectivity index (χ3v) is 4.20. The Kier molecular flexibility index (Phi) is 4.99. The molecule has 0 spiro atoms. The van der Waals surface area contributed by atoms with Crippen molar-refractivity contribution in [1.82, 2.24) is 5.32 Å². The normalized spacial score (nSPS) is 11.9. The van der Waals surface area contributed by atoms with E-state index < -0.39 is 28.8 Å². The Morgan fingerprint density at radius 3 is 2.29 bits per heavy atom. The maximum atomic E-state index is 13.6. The van der Waals surface area contributed by atoms with Crippen LogP contribution in [0.5, 0.6) is 0 Å². The zero-order valence-electron chi connectivity index (χ0n) is 12.3.